The van der Waals surface area contributed by atoms with Crippen molar-refractivity contribution in [1.29, 1.82) is 0 Å². The Hall–Kier alpha value is -1.73. The molecule has 1 heterocycles. The summed E-state index contributed by atoms with van der Waals surface area (Å²) in [5.41, 5.74) is 1.02. The van der Waals surface area contributed by atoms with Crippen LogP contribution in [0.5, 0.6) is 5.75 Å². The molecule has 2 aromatic carbocycles. The van der Waals surface area contributed by atoms with Crippen LogP contribution in [0.1, 0.15) is 5.69 Å². The van der Waals surface area contributed by atoms with Crippen molar-refractivity contribution in [3.05, 3.63) is 58.2 Å². The molecule has 3 rings (SSSR count). The fourth-order valence-corrected chi connectivity index (χ4v) is 4.72. The summed E-state index contributed by atoms with van der Waals surface area (Å²) in [5.74, 6) is 0.520. The van der Waals surface area contributed by atoms with Crippen LogP contribution in [0.4, 0.5) is 0 Å². The van der Waals surface area contributed by atoms with Crippen LogP contribution in [-0.2, 0) is 10.0 Å². The van der Waals surface area contributed by atoms with Gasteiger partial charge in [-0.05, 0) is 63.5 Å². The van der Waals surface area contributed by atoms with Gasteiger partial charge in [0.25, 0.3) is 10.0 Å². The van der Waals surface area contributed by atoms with Crippen molar-refractivity contribution >= 4 is 44.1 Å². The summed E-state index contributed by atoms with van der Waals surface area (Å²) in [7, 11) is 0.0697. The Bertz CT molecular complexity index is 1070. The van der Waals surface area contributed by atoms with Gasteiger partial charge in [-0.2, -0.15) is 0 Å². The zero-order valence-corrected chi connectivity index (χ0v) is 17.6. The second kappa shape index (κ2) is 7.72. The van der Waals surface area contributed by atoms with Crippen LogP contribution >= 0.6 is 23.2 Å². The lowest BCUT2D eigenvalue weighted by atomic mass is 10.2. The number of aromatic nitrogens is 1. The van der Waals surface area contributed by atoms with E-state index in [4.69, 9.17) is 27.9 Å². The summed E-state index contributed by atoms with van der Waals surface area (Å²) in [6.07, 6.45) is 0. The number of likely N-dealkylation sites (N-methyl/N-ethyl adjacent to an activating group) is 1. The van der Waals surface area contributed by atoms with E-state index in [-0.39, 0.29) is 4.90 Å². The summed E-state index contributed by atoms with van der Waals surface area (Å²) in [5, 5.41) is 1.65. The third-order valence-corrected chi connectivity index (χ3v) is 6.50. The van der Waals surface area contributed by atoms with Crippen molar-refractivity contribution in [2.75, 3.05) is 27.2 Å². The Balaban J connectivity index is 2.18. The molecule has 0 aliphatic heterocycles. The lowest BCUT2D eigenvalue weighted by Gasteiger charge is -2.12. The summed E-state index contributed by atoms with van der Waals surface area (Å²) in [4.78, 5) is 2.15. The molecular weight excluding hydrogens is 407 g/mol. The molecule has 0 atom stereocenters. The molecule has 1 aromatic heterocycles. The average molecular weight is 427 g/mol. The number of benzene rings is 2. The fourth-order valence-electron chi connectivity index (χ4n) is 2.87. The first-order valence-electron chi connectivity index (χ1n) is 8.31. The predicted molar refractivity (Wildman–Crippen MR) is 110 cm³/mol. The van der Waals surface area contributed by atoms with Gasteiger partial charge in [0.2, 0.25) is 0 Å². The van der Waals surface area contributed by atoms with Crippen molar-refractivity contribution in [2.45, 2.75) is 11.8 Å². The molecule has 0 radical (unpaired) electrons. The Labute approximate surface area is 169 Å². The lowest BCUT2D eigenvalue weighted by molar-refractivity contribution is 0.262. The summed E-state index contributed by atoms with van der Waals surface area (Å²) in [6.45, 7) is 2.86. The quantitative estimate of drug-likeness (QED) is 0.584. The molecule has 5 nitrogen and oxygen atoms in total. The second-order valence-corrected chi connectivity index (χ2v) is 9.11. The molecule has 0 saturated heterocycles. The first kappa shape index (κ1) is 20.0. The van der Waals surface area contributed by atoms with Gasteiger partial charge in [-0.15, -0.1) is 0 Å². The third-order valence-electron chi connectivity index (χ3n) is 4.19. The van der Waals surface area contributed by atoms with Gasteiger partial charge >= 0.3 is 0 Å². The molecule has 0 spiro atoms. The summed E-state index contributed by atoms with van der Waals surface area (Å²) in [6, 6.07) is 11.2. The van der Waals surface area contributed by atoms with Crippen molar-refractivity contribution in [3.63, 3.8) is 0 Å². The monoisotopic (exact) mass is 426 g/mol. The molecule has 0 amide bonds. The molecule has 0 N–H and O–H groups in total. The lowest BCUT2D eigenvalue weighted by Crippen LogP contribution is -2.20. The Morgan fingerprint density at radius 2 is 1.67 bits per heavy atom. The SMILES string of the molecule is Cc1c(OCCN(C)C)c2cc(Cl)ccc2n1S(=O)(=O)c1ccc(Cl)cc1. The predicted octanol–water partition coefficient (Wildman–Crippen LogP) is 4.43. The van der Waals surface area contributed by atoms with Crippen molar-refractivity contribution in [3.8, 4) is 5.75 Å². The molecule has 8 heteroatoms. The number of nitrogens with zero attached hydrogens (tertiary/aromatic N) is 2. The smallest absolute Gasteiger partial charge is 0.268 e. The number of rotatable bonds is 6. The average Bonchev–Trinajstić information content (AvgIpc) is 2.87. The molecule has 27 heavy (non-hydrogen) atoms. The van der Waals surface area contributed by atoms with Crippen LogP contribution in [-0.4, -0.2) is 44.5 Å². The van der Waals surface area contributed by atoms with Gasteiger partial charge in [-0.1, -0.05) is 23.2 Å². The first-order valence-corrected chi connectivity index (χ1v) is 10.5. The second-order valence-electron chi connectivity index (χ2n) is 6.45. The van der Waals surface area contributed by atoms with E-state index >= 15 is 0 Å². The van der Waals surface area contributed by atoms with Gasteiger partial charge in [0.05, 0.1) is 16.1 Å². The highest BCUT2D eigenvalue weighted by Gasteiger charge is 2.26. The Morgan fingerprint density at radius 3 is 2.30 bits per heavy atom. The maximum atomic E-state index is 13.3. The minimum Gasteiger partial charge on any atom is -0.490 e. The zero-order chi connectivity index (χ0) is 19.8. The van der Waals surface area contributed by atoms with E-state index in [0.717, 1.165) is 0 Å². The van der Waals surface area contributed by atoms with Gasteiger partial charge in [0, 0.05) is 22.0 Å². The third kappa shape index (κ3) is 3.94. The largest absolute Gasteiger partial charge is 0.490 e. The Morgan fingerprint density at radius 1 is 1.04 bits per heavy atom. The van der Waals surface area contributed by atoms with E-state index in [2.05, 4.69) is 0 Å². The number of fused-ring (bicyclic) bond motifs is 1. The van der Waals surface area contributed by atoms with Crippen LogP contribution < -0.4 is 4.74 Å². The van der Waals surface area contributed by atoms with Crippen molar-refractivity contribution in [1.82, 2.24) is 8.87 Å². The molecule has 0 fully saturated rings. The molecule has 0 unspecified atom stereocenters. The highest BCUT2D eigenvalue weighted by molar-refractivity contribution is 7.90. The first-order chi connectivity index (χ1) is 12.7. The molecule has 0 aliphatic carbocycles. The van der Waals surface area contributed by atoms with Gasteiger partial charge < -0.3 is 9.64 Å². The molecule has 144 valence electrons. The van der Waals surface area contributed by atoms with Gasteiger partial charge in [0.15, 0.2) is 0 Å². The topological polar surface area (TPSA) is 51.5 Å². The minimum atomic E-state index is -3.82. The van der Waals surface area contributed by atoms with Crippen LogP contribution in [0, 0.1) is 6.92 Å². The van der Waals surface area contributed by atoms with E-state index < -0.39 is 10.0 Å². The number of ether oxygens (including phenoxy) is 1. The number of hydrogen-bond donors (Lipinski definition) is 0. The number of hydrogen-bond acceptors (Lipinski definition) is 4. The normalized spacial score (nSPS) is 12.1. The van der Waals surface area contributed by atoms with Crippen LogP contribution in [0.3, 0.4) is 0 Å². The number of halogens is 2. The molecular formula is C19H20Cl2N2O3S. The van der Waals surface area contributed by atoms with Gasteiger partial charge in [-0.3, -0.25) is 0 Å². The molecule has 0 saturated carbocycles. The van der Waals surface area contributed by atoms with E-state index in [0.29, 0.717) is 45.5 Å². The summed E-state index contributed by atoms with van der Waals surface area (Å²) >= 11 is 12.0. The van der Waals surface area contributed by atoms with E-state index in [1.807, 2.05) is 19.0 Å². The van der Waals surface area contributed by atoms with E-state index in [1.54, 1.807) is 37.3 Å². The zero-order valence-electron chi connectivity index (χ0n) is 15.2. The molecule has 0 aliphatic rings. The minimum absolute atomic E-state index is 0.154. The van der Waals surface area contributed by atoms with Crippen LogP contribution in [0.15, 0.2) is 47.4 Å². The van der Waals surface area contributed by atoms with Crippen LogP contribution in [0.25, 0.3) is 10.9 Å². The van der Waals surface area contributed by atoms with Gasteiger partial charge in [-0.25, -0.2) is 12.4 Å². The van der Waals surface area contributed by atoms with Gasteiger partial charge in [0.1, 0.15) is 12.4 Å². The highest BCUT2D eigenvalue weighted by Crippen LogP contribution is 2.37. The highest BCUT2D eigenvalue weighted by atomic mass is 35.5. The van der Waals surface area contributed by atoms with E-state index in [9.17, 15) is 8.42 Å². The van der Waals surface area contributed by atoms with E-state index in [1.165, 1.54) is 16.1 Å². The molecule has 0 bridgehead atoms. The Kier molecular flexibility index (Phi) is 5.72. The summed E-state index contributed by atoms with van der Waals surface area (Å²) < 4.78 is 33.8. The molecule has 3 aromatic rings. The van der Waals surface area contributed by atoms with Crippen molar-refractivity contribution < 1.29 is 13.2 Å². The van der Waals surface area contributed by atoms with Crippen LogP contribution in [0.2, 0.25) is 10.0 Å². The fraction of sp³-hybridized carbons (Fsp3) is 0.263. The maximum absolute atomic E-state index is 13.3. The standard InChI is InChI=1S/C19H20Cl2N2O3S/c1-13-19(26-11-10-22(2)3)17-12-15(21)6-9-18(17)23(13)27(24,25)16-7-4-14(20)5-8-16/h4-9,12H,10-11H2,1-3H3. The van der Waals surface area contributed by atoms with Crippen molar-refractivity contribution in [2.24, 2.45) is 0 Å². The maximum Gasteiger partial charge on any atom is 0.268 e.